The van der Waals surface area contributed by atoms with Crippen molar-refractivity contribution in [3.8, 4) is 0 Å². The number of aromatic nitrogens is 3. The Balaban J connectivity index is 0.000000500. The fourth-order valence-corrected chi connectivity index (χ4v) is 7.06. The van der Waals surface area contributed by atoms with Gasteiger partial charge in [-0.25, -0.2) is 18.3 Å². The smallest absolute Gasteiger partial charge is 0.260 e. The molecule has 0 spiro atoms. The van der Waals surface area contributed by atoms with Gasteiger partial charge in [-0.1, -0.05) is 59.1 Å². The van der Waals surface area contributed by atoms with E-state index < -0.39 is 15.6 Å². The summed E-state index contributed by atoms with van der Waals surface area (Å²) in [6.07, 6.45) is 5.09. The first-order chi connectivity index (χ1) is 19.6. The fourth-order valence-electron chi connectivity index (χ4n) is 4.95. The van der Waals surface area contributed by atoms with Gasteiger partial charge in [-0.05, 0) is 49.7 Å². The number of carbonyl (C=O) groups excluding carboxylic acids is 1. The molecule has 2 aliphatic rings. The Morgan fingerprint density at radius 3 is 2.17 bits per heavy atom. The maximum atomic E-state index is 14.0. The molecule has 1 amide bonds. The fraction of sp³-hybridized carbons (Fsp3) is 0.276. The summed E-state index contributed by atoms with van der Waals surface area (Å²) in [4.78, 5) is 23.6. The number of fused-ring (bicyclic) bond motifs is 1. The van der Waals surface area contributed by atoms with Crippen LogP contribution < -0.4 is 4.90 Å². The minimum Gasteiger partial charge on any atom is -0.379 e. The van der Waals surface area contributed by atoms with Gasteiger partial charge >= 0.3 is 0 Å². The Kier molecular flexibility index (Phi) is 8.49. The zero-order valence-corrected chi connectivity index (χ0v) is 24.9. The monoisotopic (exact) mass is 613 g/mol. The Morgan fingerprint density at radius 2 is 1.61 bits per heavy atom. The van der Waals surface area contributed by atoms with E-state index in [1.165, 1.54) is 20.0 Å². The van der Waals surface area contributed by atoms with Crippen LogP contribution >= 0.6 is 23.2 Å². The summed E-state index contributed by atoms with van der Waals surface area (Å²) in [6, 6.07) is 18.3. The number of morpholine rings is 1. The third-order valence-electron chi connectivity index (χ3n) is 6.98. The van der Waals surface area contributed by atoms with Crippen LogP contribution in [0.4, 0.5) is 11.6 Å². The van der Waals surface area contributed by atoms with E-state index in [-0.39, 0.29) is 36.4 Å². The van der Waals surface area contributed by atoms with Crippen LogP contribution in [0.1, 0.15) is 18.1 Å². The van der Waals surface area contributed by atoms with Gasteiger partial charge in [-0.2, -0.15) is 4.31 Å². The van der Waals surface area contributed by atoms with Gasteiger partial charge in [-0.15, -0.1) is 0 Å². The van der Waals surface area contributed by atoms with Crippen molar-refractivity contribution in [1.82, 2.24) is 18.8 Å². The lowest BCUT2D eigenvalue weighted by molar-refractivity contribution is -0.124. The Morgan fingerprint density at radius 1 is 0.976 bits per heavy atom. The molecule has 9 nitrogen and oxygen atoms in total. The first-order valence-electron chi connectivity index (χ1n) is 13.0. The van der Waals surface area contributed by atoms with Gasteiger partial charge in [-0.3, -0.25) is 14.3 Å². The number of nitrogens with zero attached hydrogens (tertiary/aromatic N) is 5. The van der Waals surface area contributed by atoms with Crippen LogP contribution in [-0.4, -0.2) is 59.5 Å². The number of aryl methyl sites for hydroxylation is 1. The maximum Gasteiger partial charge on any atom is 0.260 e. The number of anilines is 2. The van der Waals surface area contributed by atoms with Crippen molar-refractivity contribution in [2.24, 2.45) is 0 Å². The average Bonchev–Trinajstić information content (AvgIpc) is 3.49. The van der Waals surface area contributed by atoms with Crippen molar-refractivity contribution in [3.05, 3.63) is 100 Å². The molecule has 4 heterocycles. The minimum absolute atomic E-state index is 0.0343. The van der Waals surface area contributed by atoms with E-state index in [0.717, 1.165) is 11.1 Å². The Labute approximate surface area is 249 Å². The second-order valence-electron chi connectivity index (χ2n) is 9.98. The normalized spacial score (nSPS) is 19.0. The molecule has 1 atom stereocenters. The first-order valence-corrected chi connectivity index (χ1v) is 15.2. The van der Waals surface area contributed by atoms with E-state index >= 15 is 0 Å². The SMILES string of the molecule is Cc1ccc(C[C@]2(C)C(=O)N(c3cc(Cl)cc(Cl)c3)c3ncc(S(=O)(=O)N4CCOCC4)n32)cc1.c1ccncc1. The molecular weight excluding hydrogens is 585 g/mol. The Bertz CT molecular complexity index is 1590. The highest BCUT2D eigenvalue weighted by molar-refractivity contribution is 7.89. The second-order valence-corrected chi connectivity index (χ2v) is 12.7. The third kappa shape index (κ3) is 5.89. The molecule has 12 heteroatoms. The number of amides is 1. The number of hydrogen-bond acceptors (Lipinski definition) is 6. The zero-order chi connectivity index (χ0) is 29.2. The highest BCUT2D eigenvalue weighted by atomic mass is 35.5. The molecule has 4 aromatic rings. The molecule has 6 rings (SSSR count). The molecule has 2 aromatic heterocycles. The quantitative estimate of drug-likeness (QED) is 0.305. The van der Waals surface area contributed by atoms with Gasteiger partial charge in [0.15, 0.2) is 5.03 Å². The predicted octanol–water partition coefficient (Wildman–Crippen LogP) is 5.24. The third-order valence-corrected chi connectivity index (χ3v) is 9.28. The van der Waals surface area contributed by atoms with E-state index in [1.807, 2.05) is 49.4 Å². The highest BCUT2D eigenvalue weighted by Gasteiger charge is 2.52. The van der Waals surface area contributed by atoms with E-state index in [1.54, 1.807) is 37.5 Å². The lowest BCUT2D eigenvalue weighted by Gasteiger charge is -2.30. The average molecular weight is 615 g/mol. The van der Waals surface area contributed by atoms with Crippen LogP contribution in [0.25, 0.3) is 0 Å². The molecule has 214 valence electrons. The lowest BCUT2D eigenvalue weighted by Crippen LogP contribution is -2.45. The molecular formula is C29H29Cl2N5O4S. The molecule has 0 aliphatic carbocycles. The van der Waals surface area contributed by atoms with Crippen LogP contribution in [0.3, 0.4) is 0 Å². The summed E-state index contributed by atoms with van der Waals surface area (Å²) in [5, 5.41) is 0.673. The van der Waals surface area contributed by atoms with Crippen molar-refractivity contribution in [3.63, 3.8) is 0 Å². The van der Waals surface area contributed by atoms with Gasteiger partial charge in [0.05, 0.1) is 25.1 Å². The van der Waals surface area contributed by atoms with Gasteiger partial charge in [0.25, 0.3) is 15.9 Å². The minimum atomic E-state index is -3.94. The van der Waals surface area contributed by atoms with E-state index in [2.05, 4.69) is 9.97 Å². The number of sulfonamides is 1. The van der Waals surface area contributed by atoms with Crippen LogP contribution in [-0.2, 0) is 31.5 Å². The summed E-state index contributed by atoms with van der Waals surface area (Å²) in [7, 11) is -3.94. The van der Waals surface area contributed by atoms with Crippen LogP contribution in [0.15, 0.2) is 84.3 Å². The molecule has 0 bridgehead atoms. The molecule has 1 fully saturated rings. The molecule has 0 unspecified atom stereocenters. The van der Waals surface area contributed by atoms with Crippen molar-refractivity contribution in [1.29, 1.82) is 0 Å². The van der Waals surface area contributed by atoms with Gasteiger partial charge in [0.2, 0.25) is 5.95 Å². The topological polar surface area (TPSA) is 97.6 Å². The van der Waals surface area contributed by atoms with E-state index in [4.69, 9.17) is 27.9 Å². The number of ether oxygens (including phenoxy) is 1. The first kappa shape index (κ1) is 29.2. The number of hydrogen-bond donors (Lipinski definition) is 0. The van der Waals surface area contributed by atoms with Crippen LogP contribution in [0.5, 0.6) is 0 Å². The number of benzene rings is 2. The lowest BCUT2D eigenvalue weighted by atomic mass is 9.91. The molecule has 0 saturated carbocycles. The summed E-state index contributed by atoms with van der Waals surface area (Å²) in [6.45, 7) is 4.82. The number of halogens is 2. The summed E-state index contributed by atoms with van der Waals surface area (Å²) in [5.41, 5.74) is 1.14. The highest BCUT2D eigenvalue weighted by Crippen LogP contribution is 2.44. The number of pyridine rings is 1. The van der Waals surface area contributed by atoms with Crippen molar-refractivity contribution in [2.75, 3.05) is 31.2 Å². The zero-order valence-electron chi connectivity index (χ0n) is 22.6. The number of imidazole rings is 1. The molecule has 2 aliphatic heterocycles. The van der Waals surface area contributed by atoms with Crippen LogP contribution in [0.2, 0.25) is 10.0 Å². The van der Waals surface area contributed by atoms with Crippen molar-refractivity contribution in [2.45, 2.75) is 30.8 Å². The van der Waals surface area contributed by atoms with Crippen molar-refractivity contribution >= 4 is 50.8 Å². The Hall–Kier alpha value is -3.28. The van der Waals surface area contributed by atoms with E-state index in [0.29, 0.717) is 28.9 Å². The van der Waals surface area contributed by atoms with Gasteiger partial charge < -0.3 is 4.74 Å². The van der Waals surface area contributed by atoms with Gasteiger partial charge in [0, 0.05) is 41.9 Å². The summed E-state index contributed by atoms with van der Waals surface area (Å²) in [5.74, 6) is -0.118. The molecule has 0 radical (unpaired) electrons. The summed E-state index contributed by atoms with van der Waals surface area (Å²) < 4.78 is 35.6. The van der Waals surface area contributed by atoms with E-state index in [9.17, 15) is 13.2 Å². The number of rotatable bonds is 5. The predicted molar refractivity (Wildman–Crippen MR) is 158 cm³/mol. The summed E-state index contributed by atoms with van der Waals surface area (Å²) >= 11 is 12.5. The van der Waals surface area contributed by atoms with Crippen LogP contribution in [0, 0.1) is 6.92 Å². The van der Waals surface area contributed by atoms with Gasteiger partial charge in [0.1, 0.15) is 5.54 Å². The maximum absolute atomic E-state index is 14.0. The number of carbonyl (C=O) groups is 1. The molecule has 2 aromatic carbocycles. The molecule has 41 heavy (non-hydrogen) atoms. The van der Waals surface area contributed by atoms with Crippen molar-refractivity contribution < 1.29 is 17.9 Å². The molecule has 0 N–H and O–H groups in total. The molecule has 1 saturated heterocycles. The second kappa shape index (κ2) is 11.9. The standard InChI is InChI=1S/C24H24Cl2N4O4S.C5H5N/c1-16-3-5-17(6-4-16)14-24(2)22(31)29(20-12-18(25)11-19(26)13-20)23-27-15-21(30(23)24)35(32,33)28-7-9-34-10-8-28;1-2-4-6-5-3-1/h3-6,11-13,15H,7-10,14H2,1-2H3;1-5H/t24-;/m1./s1. The largest absolute Gasteiger partial charge is 0.379 e.